The van der Waals surface area contributed by atoms with Crippen LogP contribution in [0, 0.1) is 5.92 Å². The summed E-state index contributed by atoms with van der Waals surface area (Å²) < 4.78 is 11.1. The van der Waals surface area contributed by atoms with Gasteiger partial charge in [0.2, 0.25) is 0 Å². The average molecular weight is 230 g/mol. The van der Waals surface area contributed by atoms with Crippen molar-refractivity contribution in [2.24, 2.45) is 11.8 Å². The molecular formula is C12H26N2O2. The van der Waals surface area contributed by atoms with E-state index in [0.717, 1.165) is 19.4 Å². The summed E-state index contributed by atoms with van der Waals surface area (Å²) in [4.78, 5) is 0. The molecule has 0 radical (unpaired) electrons. The highest BCUT2D eigenvalue weighted by molar-refractivity contribution is 4.79. The summed E-state index contributed by atoms with van der Waals surface area (Å²) in [6, 6.07) is 0.217. The van der Waals surface area contributed by atoms with Crippen molar-refractivity contribution >= 4 is 0 Å². The molecule has 0 saturated carbocycles. The lowest BCUT2D eigenvalue weighted by Crippen LogP contribution is -2.47. The number of nitrogens with two attached hydrogens (primary N) is 1. The average Bonchev–Trinajstić information content (AvgIpc) is 2.76. The van der Waals surface area contributed by atoms with Crippen LogP contribution in [0.4, 0.5) is 0 Å². The van der Waals surface area contributed by atoms with Crippen LogP contribution in [0.2, 0.25) is 0 Å². The van der Waals surface area contributed by atoms with E-state index in [9.17, 15) is 0 Å². The van der Waals surface area contributed by atoms with E-state index in [-0.39, 0.29) is 12.1 Å². The van der Waals surface area contributed by atoms with Crippen LogP contribution in [0.1, 0.15) is 39.5 Å². The van der Waals surface area contributed by atoms with Crippen molar-refractivity contribution in [2.75, 3.05) is 13.7 Å². The largest absolute Gasteiger partial charge is 0.380 e. The third-order valence-corrected chi connectivity index (χ3v) is 3.36. The Morgan fingerprint density at radius 2 is 2.25 bits per heavy atom. The van der Waals surface area contributed by atoms with Gasteiger partial charge in [-0.05, 0) is 31.6 Å². The lowest BCUT2D eigenvalue weighted by atomic mass is 9.95. The Balaban J connectivity index is 2.34. The molecule has 1 heterocycles. The van der Waals surface area contributed by atoms with E-state index in [1.165, 1.54) is 12.8 Å². The molecule has 3 unspecified atom stereocenters. The van der Waals surface area contributed by atoms with Gasteiger partial charge < -0.3 is 9.47 Å². The van der Waals surface area contributed by atoms with Crippen LogP contribution in [0.15, 0.2) is 0 Å². The fourth-order valence-electron chi connectivity index (χ4n) is 2.48. The first-order chi connectivity index (χ1) is 7.69. The van der Waals surface area contributed by atoms with Gasteiger partial charge in [0.15, 0.2) is 0 Å². The molecule has 3 atom stereocenters. The Hall–Kier alpha value is -0.160. The fourth-order valence-corrected chi connectivity index (χ4v) is 2.48. The topological polar surface area (TPSA) is 56.5 Å². The van der Waals surface area contributed by atoms with Gasteiger partial charge in [-0.15, -0.1) is 0 Å². The van der Waals surface area contributed by atoms with Gasteiger partial charge in [0.25, 0.3) is 0 Å². The third kappa shape index (κ3) is 4.01. The van der Waals surface area contributed by atoms with Crippen LogP contribution < -0.4 is 11.3 Å². The van der Waals surface area contributed by atoms with Crippen molar-refractivity contribution in [3.05, 3.63) is 0 Å². The molecule has 1 rings (SSSR count). The fraction of sp³-hybridized carbons (Fsp3) is 1.00. The van der Waals surface area contributed by atoms with Gasteiger partial charge in [-0.3, -0.25) is 11.3 Å². The molecule has 0 aromatic heterocycles. The molecule has 16 heavy (non-hydrogen) atoms. The van der Waals surface area contributed by atoms with Crippen LogP contribution in [0.5, 0.6) is 0 Å². The minimum Gasteiger partial charge on any atom is -0.380 e. The summed E-state index contributed by atoms with van der Waals surface area (Å²) in [6.07, 6.45) is 5.08. The zero-order valence-corrected chi connectivity index (χ0v) is 10.7. The number of rotatable bonds is 7. The molecular weight excluding hydrogens is 204 g/mol. The molecule has 0 aromatic carbocycles. The monoisotopic (exact) mass is 230 g/mol. The van der Waals surface area contributed by atoms with Crippen LogP contribution in [0.3, 0.4) is 0 Å². The molecule has 0 bridgehead atoms. The van der Waals surface area contributed by atoms with E-state index in [0.29, 0.717) is 12.0 Å². The minimum absolute atomic E-state index is 0.173. The molecule has 0 aliphatic carbocycles. The van der Waals surface area contributed by atoms with Gasteiger partial charge in [-0.25, -0.2) is 0 Å². The van der Waals surface area contributed by atoms with Gasteiger partial charge in [0, 0.05) is 19.8 Å². The maximum Gasteiger partial charge on any atom is 0.0760 e. The van der Waals surface area contributed by atoms with Crippen molar-refractivity contribution in [2.45, 2.75) is 57.8 Å². The predicted molar refractivity (Wildman–Crippen MR) is 65.0 cm³/mol. The van der Waals surface area contributed by atoms with Crippen molar-refractivity contribution in [3.63, 3.8) is 0 Å². The Morgan fingerprint density at radius 3 is 2.69 bits per heavy atom. The maximum atomic E-state index is 5.61. The van der Waals surface area contributed by atoms with E-state index in [4.69, 9.17) is 15.3 Å². The zero-order chi connectivity index (χ0) is 12.0. The summed E-state index contributed by atoms with van der Waals surface area (Å²) in [7, 11) is 1.75. The van der Waals surface area contributed by atoms with Gasteiger partial charge >= 0.3 is 0 Å². The standard InChI is InChI=1S/C12H26N2O2/c1-9(2)12(15-3)11(14-13)7-6-10-5-4-8-16-10/h9-12,14H,4-8,13H2,1-3H3. The first-order valence-corrected chi connectivity index (χ1v) is 6.29. The van der Waals surface area contributed by atoms with Crippen LogP contribution in [-0.4, -0.2) is 32.0 Å². The molecule has 0 spiro atoms. The molecule has 3 N–H and O–H groups in total. The SMILES string of the molecule is COC(C(C)C)C(CCC1CCCO1)NN. The lowest BCUT2D eigenvalue weighted by molar-refractivity contribution is 0.0234. The van der Waals surface area contributed by atoms with Crippen LogP contribution in [-0.2, 0) is 9.47 Å². The highest BCUT2D eigenvalue weighted by Crippen LogP contribution is 2.20. The number of ether oxygens (including phenoxy) is 2. The molecule has 1 saturated heterocycles. The van der Waals surface area contributed by atoms with Crippen molar-refractivity contribution in [1.82, 2.24) is 5.43 Å². The normalized spacial score (nSPS) is 24.9. The van der Waals surface area contributed by atoms with Crippen molar-refractivity contribution in [1.29, 1.82) is 0 Å². The second-order valence-corrected chi connectivity index (χ2v) is 4.93. The third-order valence-electron chi connectivity index (χ3n) is 3.36. The quantitative estimate of drug-likeness (QED) is 0.513. The predicted octanol–water partition coefficient (Wildman–Crippen LogP) is 1.45. The molecule has 4 nitrogen and oxygen atoms in total. The molecule has 0 aromatic rings. The minimum atomic E-state index is 0.173. The van der Waals surface area contributed by atoms with E-state index in [1.54, 1.807) is 7.11 Å². The highest BCUT2D eigenvalue weighted by atomic mass is 16.5. The summed E-state index contributed by atoms with van der Waals surface area (Å²) in [5.74, 6) is 6.07. The van der Waals surface area contributed by atoms with E-state index in [2.05, 4.69) is 19.3 Å². The number of methoxy groups -OCH3 is 1. The smallest absolute Gasteiger partial charge is 0.0760 e. The van der Waals surface area contributed by atoms with Gasteiger partial charge in [-0.2, -0.15) is 0 Å². The van der Waals surface area contributed by atoms with Crippen molar-refractivity contribution in [3.8, 4) is 0 Å². The first kappa shape index (κ1) is 13.9. The van der Waals surface area contributed by atoms with E-state index < -0.39 is 0 Å². The second kappa shape index (κ2) is 7.22. The Bertz CT molecular complexity index is 182. The van der Waals surface area contributed by atoms with Crippen LogP contribution in [0.25, 0.3) is 0 Å². The zero-order valence-electron chi connectivity index (χ0n) is 10.7. The molecule has 1 aliphatic heterocycles. The van der Waals surface area contributed by atoms with E-state index in [1.807, 2.05) is 0 Å². The first-order valence-electron chi connectivity index (χ1n) is 6.29. The summed E-state index contributed by atoms with van der Waals surface area (Å²) >= 11 is 0. The number of nitrogens with one attached hydrogen (secondary N) is 1. The molecule has 1 aliphatic rings. The number of hydrogen-bond acceptors (Lipinski definition) is 4. The summed E-state index contributed by atoms with van der Waals surface area (Å²) in [6.45, 7) is 5.23. The van der Waals surface area contributed by atoms with Gasteiger partial charge in [0.05, 0.1) is 12.2 Å². The Morgan fingerprint density at radius 1 is 1.50 bits per heavy atom. The van der Waals surface area contributed by atoms with Gasteiger partial charge in [-0.1, -0.05) is 13.8 Å². The van der Waals surface area contributed by atoms with Crippen LogP contribution >= 0.6 is 0 Å². The maximum absolute atomic E-state index is 5.61. The number of hydrogen-bond donors (Lipinski definition) is 2. The van der Waals surface area contributed by atoms with Crippen molar-refractivity contribution < 1.29 is 9.47 Å². The lowest BCUT2D eigenvalue weighted by Gasteiger charge is -2.29. The summed E-state index contributed by atoms with van der Waals surface area (Å²) in [5, 5.41) is 0. The second-order valence-electron chi connectivity index (χ2n) is 4.93. The van der Waals surface area contributed by atoms with Gasteiger partial charge in [0.1, 0.15) is 0 Å². The Kier molecular flexibility index (Phi) is 6.28. The van der Waals surface area contributed by atoms with E-state index >= 15 is 0 Å². The summed E-state index contributed by atoms with van der Waals surface area (Å²) in [5.41, 5.74) is 2.88. The number of hydrazine groups is 1. The molecule has 4 heteroatoms. The highest BCUT2D eigenvalue weighted by Gasteiger charge is 2.25. The molecule has 0 amide bonds. The molecule has 1 fully saturated rings. The Labute approximate surface area is 98.8 Å². The molecule has 96 valence electrons.